The van der Waals surface area contributed by atoms with Crippen molar-refractivity contribution in [3.8, 4) is 5.75 Å². The second-order valence-electron chi connectivity index (χ2n) is 6.92. The maximum Gasteiger partial charge on any atom is 0.191 e. The molecule has 0 radical (unpaired) electrons. The number of aryl methyl sites for hydroxylation is 2. The molecule has 154 valence electrons. The highest BCUT2D eigenvalue weighted by molar-refractivity contribution is 5.80. The molecule has 0 aliphatic carbocycles. The Morgan fingerprint density at radius 2 is 2.14 bits per heavy atom. The number of nitrogens with one attached hydrogen (secondary N) is 2. The molecule has 0 fully saturated rings. The number of nitrogens with zero attached hydrogens (tertiary/aromatic N) is 4. The molecule has 1 atom stereocenters. The molecule has 2 aromatic rings. The third-order valence-electron chi connectivity index (χ3n) is 4.64. The number of guanidine groups is 1. The van der Waals surface area contributed by atoms with Gasteiger partial charge in [-0.15, -0.1) is 10.2 Å². The number of methoxy groups -OCH3 is 1. The van der Waals surface area contributed by atoms with Crippen molar-refractivity contribution < 1.29 is 4.74 Å². The molecule has 0 saturated heterocycles. The van der Waals surface area contributed by atoms with E-state index < -0.39 is 0 Å². The summed E-state index contributed by atoms with van der Waals surface area (Å²) in [5, 5.41) is 15.1. The molecule has 7 nitrogen and oxygen atoms in total. The van der Waals surface area contributed by atoms with Crippen molar-refractivity contribution >= 4 is 5.96 Å². The van der Waals surface area contributed by atoms with Crippen molar-refractivity contribution in [1.82, 2.24) is 25.4 Å². The highest BCUT2D eigenvalue weighted by Crippen LogP contribution is 2.25. The molecule has 7 heteroatoms. The Labute approximate surface area is 168 Å². The van der Waals surface area contributed by atoms with Gasteiger partial charge < -0.3 is 19.9 Å². The van der Waals surface area contributed by atoms with E-state index >= 15 is 0 Å². The summed E-state index contributed by atoms with van der Waals surface area (Å²) in [7, 11) is 1.71. The van der Waals surface area contributed by atoms with Crippen LogP contribution in [-0.4, -0.2) is 40.9 Å². The van der Waals surface area contributed by atoms with Crippen LogP contribution < -0.4 is 15.4 Å². The third kappa shape index (κ3) is 6.25. The first-order chi connectivity index (χ1) is 13.6. The van der Waals surface area contributed by atoms with Crippen molar-refractivity contribution in [3.05, 3.63) is 41.5 Å². The van der Waals surface area contributed by atoms with Crippen LogP contribution in [0.25, 0.3) is 0 Å². The molecule has 1 aromatic heterocycles. The fourth-order valence-corrected chi connectivity index (χ4v) is 3.01. The predicted molar refractivity (Wildman–Crippen MR) is 114 cm³/mol. The third-order valence-corrected chi connectivity index (χ3v) is 4.64. The van der Waals surface area contributed by atoms with Gasteiger partial charge in [-0.3, -0.25) is 4.99 Å². The van der Waals surface area contributed by atoms with Gasteiger partial charge in [-0.1, -0.05) is 38.0 Å². The Hall–Kier alpha value is -2.57. The summed E-state index contributed by atoms with van der Waals surface area (Å²) in [5.74, 6) is 2.70. The predicted octanol–water partition coefficient (Wildman–Crippen LogP) is 3.25. The lowest BCUT2D eigenvalue weighted by Crippen LogP contribution is -2.40. The van der Waals surface area contributed by atoms with E-state index in [1.54, 1.807) is 13.4 Å². The van der Waals surface area contributed by atoms with Gasteiger partial charge in [0, 0.05) is 31.6 Å². The topological polar surface area (TPSA) is 76.4 Å². The SMILES string of the molecule is CCCCN=C(NCCn1cnnc1CC)NC(C)c1cc(C)ccc1OC. The highest BCUT2D eigenvalue weighted by Gasteiger charge is 2.13. The van der Waals surface area contributed by atoms with Crippen molar-refractivity contribution in [1.29, 1.82) is 0 Å². The Balaban J connectivity index is 2.04. The summed E-state index contributed by atoms with van der Waals surface area (Å²) < 4.78 is 7.61. The smallest absolute Gasteiger partial charge is 0.191 e. The van der Waals surface area contributed by atoms with Crippen LogP contribution in [0.3, 0.4) is 0 Å². The van der Waals surface area contributed by atoms with E-state index in [2.05, 4.69) is 65.2 Å². The number of unbranched alkanes of at least 4 members (excludes halogenated alkanes) is 1. The summed E-state index contributed by atoms with van der Waals surface area (Å²) in [6.07, 6.45) is 4.85. The van der Waals surface area contributed by atoms with Gasteiger partial charge in [-0.25, -0.2) is 0 Å². The second-order valence-corrected chi connectivity index (χ2v) is 6.92. The van der Waals surface area contributed by atoms with E-state index in [1.165, 1.54) is 5.56 Å². The Bertz CT molecular complexity index is 755. The highest BCUT2D eigenvalue weighted by atomic mass is 16.5. The first-order valence-electron chi connectivity index (χ1n) is 10.1. The van der Waals surface area contributed by atoms with E-state index in [0.717, 1.165) is 62.0 Å². The summed E-state index contributed by atoms with van der Waals surface area (Å²) in [6.45, 7) is 10.8. The van der Waals surface area contributed by atoms with Crippen molar-refractivity contribution in [3.63, 3.8) is 0 Å². The van der Waals surface area contributed by atoms with Gasteiger partial charge in [0.1, 0.15) is 17.9 Å². The number of aliphatic imine (C=N–C) groups is 1. The van der Waals surface area contributed by atoms with E-state index in [0.29, 0.717) is 0 Å². The average molecular weight is 387 g/mol. The maximum atomic E-state index is 5.54. The molecule has 28 heavy (non-hydrogen) atoms. The molecular formula is C21H34N6O. The van der Waals surface area contributed by atoms with Crippen molar-refractivity contribution in [2.75, 3.05) is 20.2 Å². The van der Waals surface area contributed by atoms with E-state index in [9.17, 15) is 0 Å². The fourth-order valence-electron chi connectivity index (χ4n) is 3.01. The quantitative estimate of drug-likeness (QED) is 0.372. The van der Waals surface area contributed by atoms with Crippen LogP contribution in [0, 0.1) is 6.92 Å². The number of ether oxygens (including phenoxy) is 1. The molecule has 0 aliphatic rings. The van der Waals surface area contributed by atoms with Gasteiger partial charge in [0.15, 0.2) is 5.96 Å². The zero-order chi connectivity index (χ0) is 20.4. The molecule has 2 N–H and O–H groups in total. The van der Waals surface area contributed by atoms with E-state index in [4.69, 9.17) is 9.73 Å². The van der Waals surface area contributed by atoms with Crippen molar-refractivity contribution in [2.45, 2.75) is 59.5 Å². The lowest BCUT2D eigenvalue weighted by atomic mass is 10.0. The minimum atomic E-state index is 0.0730. The van der Waals surface area contributed by atoms with E-state index in [1.807, 2.05) is 6.07 Å². The Morgan fingerprint density at radius 3 is 2.86 bits per heavy atom. The van der Waals surface area contributed by atoms with Gasteiger partial charge in [0.2, 0.25) is 0 Å². The second kappa shape index (κ2) is 11.3. The monoisotopic (exact) mass is 386 g/mol. The molecule has 2 rings (SSSR count). The largest absolute Gasteiger partial charge is 0.496 e. The van der Waals surface area contributed by atoms with Crippen LogP contribution in [0.4, 0.5) is 0 Å². The zero-order valence-corrected chi connectivity index (χ0v) is 17.8. The number of hydrogen-bond acceptors (Lipinski definition) is 4. The first kappa shape index (κ1) is 21.7. The van der Waals surface area contributed by atoms with Crippen LogP contribution in [0.15, 0.2) is 29.5 Å². The zero-order valence-electron chi connectivity index (χ0n) is 17.8. The molecule has 0 amide bonds. The lowest BCUT2D eigenvalue weighted by Gasteiger charge is -2.21. The summed E-state index contributed by atoms with van der Waals surface area (Å²) in [6, 6.07) is 6.31. The fraction of sp³-hybridized carbons (Fsp3) is 0.571. The van der Waals surface area contributed by atoms with Crippen LogP contribution in [-0.2, 0) is 13.0 Å². The minimum absolute atomic E-state index is 0.0730. The first-order valence-corrected chi connectivity index (χ1v) is 10.1. The van der Waals surface area contributed by atoms with Crippen LogP contribution in [0.1, 0.15) is 56.6 Å². The molecule has 0 spiro atoms. The maximum absolute atomic E-state index is 5.54. The molecule has 1 unspecified atom stereocenters. The Kier molecular flexibility index (Phi) is 8.78. The number of hydrogen-bond donors (Lipinski definition) is 2. The lowest BCUT2D eigenvalue weighted by molar-refractivity contribution is 0.405. The van der Waals surface area contributed by atoms with Crippen LogP contribution in [0.2, 0.25) is 0 Å². The minimum Gasteiger partial charge on any atom is -0.496 e. The molecule has 0 aliphatic heterocycles. The normalized spacial score (nSPS) is 12.7. The number of rotatable bonds is 10. The average Bonchev–Trinajstić information content (AvgIpc) is 3.15. The summed E-state index contributed by atoms with van der Waals surface area (Å²) in [4.78, 5) is 4.73. The Morgan fingerprint density at radius 1 is 1.32 bits per heavy atom. The van der Waals surface area contributed by atoms with Gasteiger partial charge in [-0.05, 0) is 26.3 Å². The molecule has 1 heterocycles. The van der Waals surface area contributed by atoms with Gasteiger partial charge in [0.05, 0.1) is 13.2 Å². The number of benzene rings is 1. The van der Waals surface area contributed by atoms with Crippen molar-refractivity contribution in [2.24, 2.45) is 4.99 Å². The van der Waals surface area contributed by atoms with Gasteiger partial charge in [-0.2, -0.15) is 0 Å². The van der Waals surface area contributed by atoms with Crippen LogP contribution in [0.5, 0.6) is 5.75 Å². The van der Waals surface area contributed by atoms with Gasteiger partial charge in [0.25, 0.3) is 0 Å². The molecule has 0 saturated carbocycles. The van der Waals surface area contributed by atoms with Gasteiger partial charge >= 0.3 is 0 Å². The molecule has 1 aromatic carbocycles. The standard InChI is InChI=1S/C21H34N6O/c1-6-8-11-22-21(23-12-13-27-15-24-26-20(27)7-2)25-17(4)18-14-16(3)9-10-19(18)28-5/h9-10,14-15,17H,6-8,11-13H2,1-5H3,(H2,22,23,25). The summed E-state index contributed by atoms with van der Waals surface area (Å²) in [5.41, 5.74) is 2.33. The van der Waals surface area contributed by atoms with Crippen LogP contribution >= 0.6 is 0 Å². The van der Waals surface area contributed by atoms with E-state index in [-0.39, 0.29) is 6.04 Å². The molecular weight excluding hydrogens is 352 g/mol. The number of aromatic nitrogens is 3. The summed E-state index contributed by atoms with van der Waals surface area (Å²) >= 11 is 0. The molecule has 0 bridgehead atoms.